The van der Waals surface area contributed by atoms with Crippen molar-refractivity contribution in [1.29, 1.82) is 0 Å². The van der Waals surface area contributed by atoms with Crippen molar-refractivity contribution in [3.63, 3.8) is 0 Å². The Bertz CT molecular complexity index is 154. The third-order valence-corrected chi connectivity index (χ3v) is 1.91. The van der Waals surface area contributed by atoms with E-state index in [-0.39, 0.29) is 6.10 Å². The van der Waals surface area contributed by atoms with Crippen molar-refractivity contribution in [2.75, 3.05) is 7.11 Å². The maximum absolute atomic E-state index is 10.6. The molecule has 0 aromatic rings. The first-order valence-electron chi connectivity index (χ1n) is 4.00. The van der Waals surface area contributed by atoms with Crippen LogP contribution in [0, 0.1) is 5.92 Å². The highest BCUT2D eigenvalue weighted by Gasteiger charge is 2.22. The number of aliphatic carboxylic acids is 1. The molecular formula is C9H16O3. The number of ether oxygens (including phenoxy) is 1. The molecule has 2 atom stereocenters. The second-order valence-electron chi connectivity index (χ2n) is 2.77. The molecule has 70 valence electrons. The van der Waals surface area contributed by atoms with Crippen LogP contribution in [-0.4, -0.2) is 24.3 Å². The third kappa shape index (κ3) is 3.53. The van der Waals surface area contributed by atoms with Gasteiger partial charge in [-0.2, -0.15) is 0 Å². The molecular weight excluding hydrogens is 156 g/mol. The maximum atomic E-state index is 10.6. The van der Waals surface area contributed by atoms with Crippen molar-refractivity contribution in [2.45, 2.75) is 25.9 Å². The predicted molar refractivity (Wildman–Crippen MR) is 47.0 cm³/mol. The Balaban J connectivity index is 3.95. The lowest BCUT2D eigenvalue weighted by atomic mass is 10.0. The molecule has 0 aliphatic carbocycles. The average Bonchev–Trinajstić information content (AvgIpc) is 2.05. The molecule has 3 heteroatoms. The van der Waals surface area contributed by atoms with Crippen LogP contribution in [0.25, 0.3) is 0 Å². The third-order valence-electron chi connectivity index (χ3n) is 1.91. The summed E-state index contributed by atoms with van der Waals surface area (Å²) in [6.45, 7) is 5.22. The highest BCUT2D eigenvalue weighted by atomic mass is 16.5. The lowest BCUT2D eigenvalue weighted by Crippen LogP contribution is -2.27. The van der Waals surface area contributed by atoms with Gasteiger partial charge in [0.15, 0.2) is 0 Å². The largest absolute Gasteiger partial charge is 0.481 e. The van der Waals surface area contributed by atoms with Crippen molar-refractivity contribution < 1.29 is 14.6 Å². The van der Waals surface area contributed by atoms with E-state index in [0.29, 0.717) is 6.42 Å². The van der Waals surface area contributed by atoms with Gasteiger partial charge in [-0.05, 0) is 19.8 Å². The minimum Gasteiger partial charge on any atom is -0.481 e. The Kier molecular flexibility index (Phi) is 5.37. The molecule has 0 bridgehead atoms. The van der Waals surface area contributed by atoms with Crippen LogP contribution in [0.2, 0.25) is 0 Å². The van der Waals surface area contributed by atoms with E-state index in [1.165, 1.54) is 7.11 Å². The van der Waals surface area contributed by atoms with Crippen molar-refractivity contribution in [1.82, 2.24) is 0 Å². The molecule has 0 saturated heterocycles. The Labute approximate surface area is 73.0 Å². The van der Waals surface area contributed by atoms with Crippen LogP contribution in [-0.2, 0) is 9.53 Å². The minimum absolute atomic E-state index is 0.208. The van der Waals surface area contributed by atoms with Gasteiger partial charge in [-0.3, -0.25) is 4.79 Å². The molecule has 0 unspecified atom stereocenters. The van der Waals surface area contributed by atoms with Gasteiger partial charge < -0.3 is 9.84 Å². The topological polar surface area (TPSA) is 46.5 Å². The van der Waals surface area contributed by atoms with Gasteiger partial charge in [0.2, 0.25) is 0 Å². The van der Waals surface area contributed by atoms with Gasteiger partial charge in [0.25, 0.3) is 0 Å². The van der Waals surface area contributed by atoms with E-state index in [9.17, 15) is 4.79 Å². The first kappa shape index (κ1) is 11.2. The van der Waals surface area contributed by atoms with Gasteiger partial charge in [-0.15, -0.1) is 6.58 Å². The minimum atomic E-state index is -0.814. The zero-order valence-corrected chi connectivity index (χ0v) is 7.62. The Morgan fingerprint density at radius 3 is 2.67 bits per heavy atom. The van der Waals surface area contributed by atoms with Crippen LogP contribution in [0.5, 0.6) is 0 Å². The first-order chi connectivity index (χ1) is 5.63. The smallest absolute Gasteiger partial charge is 0.308 e. The fourth-order valence-electron chi connectivity index (χ4n) is 1.01. The Morgan fingerprint density at radius 1 is 1.75 bits per heavy atom. The normalized spacial score (nSPS) is 15.2. The van der Waals surface area contributed by atoms with Crippen LogP contribution in [0.1, 0.15) is 19.8 Å². The highest BCUT2D eigenvalue weighted by molar-refractivity contribution is 5.70. The SMILES string of the molecule is C=CCC[C@H](OC)[C@H](C)C(=O)O. The van der Waals surface area contributed by atoms with E-state index in [1.807, 2.05) is 0 Å². The van der Waals surface area contributed by atoms with Crippen LogP contribution in [0.3, 0.4) is 0 Å². The molecule has 0 spiro atoms. The number of carboxylic acids is 1. The molecule has 0 saturated carbocycles. The molecule has 0 aliphatic rings. The Morgan fingerprint density at radius 2 is 2.33 bits per heavy atom. The van der Waals surface area contributed by atoms with Gasteiger partial charge in [0.05, 0.1) is 12.0 Å². The number of carboxylic acid groups (broad SMARTS) is 1. The molecule has 1 N–H and O–H groups in total. The summed E-state index contributed by atoms with van der Waals surface area (Å²) in [5.41, 5.74) is 0. The zero-order valence-electron chi connectivity index (χ0n) is 7.62. The molecule has 0 heterocycles. The first-order valence-corrected chi connectivity index (χ1v) is 4.00. The summed E-state index contributed by atoms with van der Waals surface area (Å²) in [4.78, 5) is 10.6. The monoisotopic (exact) mass is 172 g/mol. The summed E-state index contributed by atoms with van der Waals surface area (Å²) in [5, 5.41) is 8.68. The number of methoxy groups -OCH3 is 1. The van der Waals surface area contributed by atoms with E-state index < -0.39 is 11.9 Å². The van der Waals surface area contributed by atoms with E-state index >= 15 is 0 Å². The van der Waals surface area contributed by atoms with Crippen molar-refractivity contribution in [2.24, 2.45) is 5.92 Å². The number of hydrogen-bond donors (Lipinski definition) is 1. The van der Waals surface area contributed by atoms with Crippen LogP contribution < -0.4 is 0 Å². The summed E-state index contributed by atoms with van der Waals surface area (Å²) in [6.07, 6.45) is 3.06. The van der Waals surface area contributed by atoms with E-state index in [1.54, 1.807) is 13.0 Å². The van der Waals surface area contributed by atoms with Crippen LogP contribution in [0.15, 0.2) is 12.7 Å². The summed E-state index contributed by atoms with van der Waals surface area (Å²) in [5.74, 6) is -1.26. The van der Waals surface area contributed by atoms with Gasteiger partial charge in [0, 0.05) is 7.11 Å². The van der Waals surface area contributed by atoms with Crippen molar-refractivity contribution >= 4 is 5.97 Å². The quantitative estimate of drug-likeness (QED) is 0.620. The summed E-state index contributed by atoms with van der Waals surface area (Å²) >= 11 is 0. The fraction of sp³-hybridized carbons (Fsp3) is 0.667. The van der Waals surface area contributed by atoms with Crippen molar-refractivity contribution in [3.05, 3.63) is 12.7 Å². The lowest BCUT2D eigenvalue weighted by Gasteiger charge is -2.18. The van der Waals surface area contributed by atoms with Crippen LogP contribution >= 0.6 is 0 Å². The lowest BCUT2D eigenvalue weighted by molar-refractivity contribution is -0.145. The van der Waals surface area contributed by atoms with E-state index in [4.69, 9.17) is 9.84 Å². The number of rotatable bonds is 6. The Hall–Kier alpha value is -0.830. The molecule has 0 aromatic carbocycles. The standard InChI is InChI=1S/C9H16O3/c1-4-5-6-8(12-3)7(2)9(10)11/h4,7-8H,1,5-6H2,2-3H3,(H,10,11)/t7-,8-/m0/s1. The number of allylic oxidation sites excluding steroid dienone is 1. The molecule has 0 aliphatic heterocycles. The average molecular weight is 172 g/mol. The van der Waals surface area contributed by atoms with Crippen LogP contribution in [0.4, 0.5) is 0 Å². The summed E-state index contributed by atoms with van der Waals surface area (Å²) in [7, 11) is 1.53. The van der Waals surface area contributed by atoms with Gasteiger partial charge in [-0.25, -0.2) is 0 Å². The van der Waals surface area contributed by atoms with E-state index in [2.05, 4.69) is 6.58 Å². The summed E-state index contributed by atoms with van der Waals surface area (Å²) < 4.78 is 5.05. The van der Waals surface area contributed by atoms with Gasteiger partial charge >= 0.3 is 5.97 Å². The van der Waals surface area contributed by atoms with Crippen molar-refractivity contribution in [3.8, 4) is 0 Å². The molecule has 12 heavy (non-hydrogen) atoms. The molecule has 0 aromatic heterocycles. The van der Waals surface area contributed by atoms with Gasteiger partial charge in [-0.1, -0.05) is 6.08 Å². The second kappa shape index (κ2) is 5.77. The molecule has 0 radical (unpaired) electrons. The summed E-state index contributed by atoms with van der Waals surface area (Å²) in [6, 6.07) is 0. The zero-order chi connectivity index (χ0) is 9.56. The molecule has 0 rings (SSSR count). The van der Waals surface area contributed by atoms with Gasteiger partial charge in [0.1, 0.15) is 0 Å². The molecule has 0 amide bonds. The second-order valence-corrected chi connectivity index (χ2v) is 2.77. The fourth-order valence-corrected chi connectivity index (χ4v) is 1.01. The number of hydrogen-bond acceptors (Lipinski definition) is 2. The molecule has 3 nitrogen and oxygen atoms in total. The van der Waals surface area contributed by atoms with E-state index in [0.717, 1.165) is 6.42 Å². The number of carbonyl (C=O) groups is 1. The predicted octanol–water partition coefficient (Wildman–Crippen LogP) is 1.69. The maximum Gasteiger partial charge on any atom is 0.308 e. The molecule has 0 fully saturated rings. The highest BCUT2D eigenvalue weighted by Crippen LogP contribution is 2.12.